The van der Waals surface area contributed by atoms with Gasteiger partial charge in [-0.05, 0) is 61.7 Å². The van der Waals surface area contributed by atoms with Gasteiger partial charge >= 0.3 is 0 Å². The van der Waals surface area contributed by atoms with Gasteiger partial charge in [0.1, 0.15) is 11.4 Å². The molecule has 2 aromatic rings. The fourth-order valence-corrected chi connectivity index (χ4v) is 6.19. The summed E-state index contributed by atoms with van der Waals surface area (Å²) in [7, 11) is 0.0939. The predicted molar refractivity (Wildman–Crippen MR) is 155 cm³/mol. The van der Waals surface area contributed by atoms with Crippen LogP contribution < -0.4 is 20.4 Å². The van der Waals surface area contributed by atoms with Crippen molar-refractivity contribution >= 4 is 51.2 Å². The Labute approximate surface area is 240 Å². The summed E-state index contributed by atoms with van der Waals surface area (Å²) in [5.41, 5.74) is 0.538. The van der Waals surface area contributed by atoms with Crippen LogP contribution in [0.15, 0.2) is 47.4 Å². The zero-order valence-corrected chi connectivity index (χ0v) is 24.5. The minimum atomic E-state index is -3.72. The first kappa shape index (κ1) is 31.3. The number of halogens is 2. The average Bonchev–Trinajstić information content (AvgIpc) is 2.89. The number of anilines is 2. The van der Waals surface area contributed by atoms with Gasteiger partial charge in [0.2, 0.25) is 5.91 Å². The summed E-state index contributed by atoms with van der Waals surface area (Å²) in [4.78, 5) is 43.2. The first-order chi connectivity index (χ1) is 18.4. The van der Waals surface area contributed by atoms with Crippen molar-refractivity contribution in [2.24, 2.45) is 0 Å². The van der Waals surface area contributed by atoms with E-state index in [1.165, 1.54) is 6.07 Å². The number of nitrogens with one attached hydrogen (secondary N) is 2. The number of Topliss-reactive ketones (excluding diaryl/α,β-unsaturated/α-hetero) is 1. The van der Waals surface area contributed by atoms with E-state index < -0.39 is 27.2 Å². The van der Waals surface area contributed by atoms with E-state index in [1.54, 1.807) is 17.0 Å². The number of sulfone groups is 1. The molecule has 0 spiro atoms. The number of amides is 2. The van der Waals surface area contributed by atoms with E-state index in [0.717, 1.165) is 43.3 Å². The summed E-state index contributed by atoms with van der Waals surface area (Å²) in [5, 5.41) is 5.85. The van der Waals surface area contributed by atoms with Gasteiger partial charge in [0.25, 0.3) is 5.91 Å². The molecule has 1 saturated carbocycles. The summed E-state index contributed by atoms with van der Waals surface area (Å²) in [6.07, 6.45) is 4.70. The van der Waals surface area contributed by atoms with Crippen molar-refractivity contribution in [1.29, 1.82) is 0 Å². The minimum absolute atomic E-state index is 0. The summed E-state index contributed by atoms with van der Waals surface area (Å²) < 4.78 is 38.2. The van der Waals surface area contributed by atoms with E-state index in [-0.39, 0.29) is 53.6 Å². The zero-order valence-electron chi connectivity index (χ0n) is 22.9. The van der Waals surface area contributed by atoms with Crippen LogP contribution in [0.4, 0.5) is 15.8 Å². The van der Waals surface area contributed by atoms with Crippen molar-refractivity contribution in [3.8, 4) is 0 Å². The number of carbonyl (C=O) groups excluding carboxylic acids is 3. The highest BCUT2D eigenvalue weighted by atomic mass is 35.5. The maximum absolute atomic E-state index is 13.8. The van der Waals surface area contributed by atoms with Crippen LogP contribution in [0.2, 0.25) is 0 Å². The molecule has 4 rings (SSSR count). The van der Waals surface area contributed by atoms with Crippen LogP contribution in [-0.4, -0.2) is 71.0 Å². The highest BCUT2D eigenvalue weighted by molar-refractivity contribution is 7.90. The van der Waals surface area contributed by atoms with Crippen molar-refractivity contribution in [3.63, 3.8) is 0 Å². The minimum Gasteiger partial charge on any atom is -0.378 e. The van der Waals surface area contributed by atoms with Crippen molar-refractivity contribution in [2.45, 2.75) is 55.0 Å². The molecular weight excluding hydrogens is 559 g/mol. The third kappa shape index (κ3) is 6.93. The van der Waals surface area contributed by atoms with E-state index in [4.69, 9.17) is 0 Å². The molecule has 0 bridgehead atoms. The number of hydrogen-bond acceptors (Lipinski definition) is 7. The van der Waals surface area contributed by atoms with E-state index >= 15 is 0 Å². The predicted octanol–water partition coefficient (Wildman–Crippen LogP) is 3.11. The summed E-state index contributed by atoms with van der Waals surface area (Å²) in [6, 6.07) is 9.81. The second-order valence-corrected chi connectivity index (χ2v) is 12.6. The van der Waals surface area contributed by atoms with E-state index in [2.05, 4.69) is 10.6 Å². The Bertz CT molecular complexity index is 1360. The molecule has 1 heterocycles. The fourth-order valence-electron chi connectivity index (χ4n) is 5.29. The molecule has 2 amide bonds. The van der Waals surface area contributed by atoms with Gasteiger partial charge in [-0.3, -0.25) is 14.4 Å². The maximum atomic E-state index is 13.8. The maximum Gasteiger partial charge on any atom is 0.252 e. The number of carbonyl (C=O) groups is 3. The number of benzene rings is 2. The van der Waals surface area contributed by atoms with Crippen LogP contribution in [0.1, 0.15) is 48.9 Å². The lowest BCUT2D eigenvalue weighted by molar-refractivity contribution is -0.133. The van der Waals surface area contributed by atoms with Crippen LogP contribution in [0.25, 0.3) is 0 Å². The Hall–Kier alpha value is -3.18. The van der Waals surface area contributed by atoms with E-state index in [9.17, 15) is 27.2 Å². The standard InChI is InChI=1S/C28H35FN4O5S.ClH/c1-32(2)21-10-7-19(8-11-21)26(35)31-28(14-5-4-6-15-28)27(36)30-22-13-16-33(18-24(22)34)23-12-9-20(29)17-25(23)39(3,37)38;/h7-12,17,22H,4-6,13-16,18H2,1-3H3,(H,30,36)(H,31,35);1H. The highest BCUT2D eigenvalue weighted by Gasteiger charge is 2.43. The van der Waals surface area contributed by atoms with Gasteiger partial charge in [0, 0.05) is 38.1 Å². The second-order valence-electron chi connectivity index (χ2n) is 10.6. The van der Waals surface area contributed by atoms with Crippen LogP contribution in [0, 0.1) is 5.82 Å². The van der Waals surface area contributed by atoms with Gasteiger partial charge in [-0.25, -0.2) is 12.8 Å². The molecule has 1 saturated heterocycles. The second kappa shape index (κ2) is 12.6. The molecule has 1 aliphatic carbocycles. The average molecular weight is 595 g/mol. The van der Waals surface area contributed by atoms with Crippen molar-refractivity contribution in [1.82, 2.24) is 10.6 Å². The Morgan fingerprint density at radius 3 is 2.27 bits per heavy atom. The monoisotopic (exact) mass is 594 g/mol. The molecule has 2 N–H and O–H groups in total. The number of nitrogens with zero attached hydrogens (tertiary/aromatic N) is 2. The zero-order chi connectivity index (χ0) is 28.4. The molecule has 0 radical (unpaired) electrons. The van der Waals surface area contributed by atoms with Gasteiger partial charge in [-0.2, -0.15) is 0 Å². The van der Waals surface area contributed by atoms with Crippen molar-refractivity contribution in [2.75, 3.05) is 43.2 Å². The Morgan fingerprint density at radius 2 is 1.70 bits per heavy atom. The van der Waals surface area contributed by atoms with Crippen molar-refractivity contribution < 1.29 is 27.2 Å². The third-order valence-corrected chi connectivity index (χ3v) is 8.66. The van der Waals surface area contributed by atoms with E-state index in [1.807, 2.05) is 31.1 Å². The van der Waals surface area contributed by atoms with Crippen LogP contribution in [-0.2, 0) is 19.4 Å². The van der Waals surface area contributed by atoms with Crippen molar-refractivity contribution in [3.05, 3.63) is 53.8 Å². The fraction of sp³-hybridized carbons (Fsp3) is 0.464. The van der Waals surface area contributed by atoms with Gasteiger partial charge < -0.3 is 20.4 Å². The summed E-state index contributed by atoms with van der Waals surface area (Å²) >= 11 is 0. The first-order valence-electron chi connectivity index (χ1n) is 13.1. The number of piperidine rings is 1. The highest BCUT2D eigenvalue weighted by Crippen LogP contribution is 2.31. The van der Waals surface area contributed by atoms with Crippen LogP contribution >= 0.6 is 12.4 Å². The SMILES string of the molecule is CN(C)c1ccc(C(=O)NC2(C(=O)NC3CCN(c4ccc(F)cc4S(C)(=O)=O)CC3=O)CCCCC2)cc1.Cl. The molecule has 40 heavy (non-hydrogen) atoms. The van der Waals surface area contributed by atoms with Crippen LogP contribution in [0.5, 0.6) is 0 Å². The Morgan fingerprint density at radius 1 is 1.05 bits per heavy atom. The topological polar surface area (TPSA) is 116 Å². The third-order valence-electron chi connectivity index (χ3n) is 7.53. The lowest BCUT2D eigenvalue weighted by atomic mass is 9.80. The quantitative estimate of drug-likeness (QED) is 0.506. The molecule has 0 aromatic heterocycles. The van der Waals surface area contributed by atoms with E-state index in [0.29, 0.717) is 24.9 Å². The van der Waals surface area contributed by atoms with Gasteiger partial charge in [-0.15, -0.1) is 12.4 Å². The first-order valence-corrected chi connectivity index (χ1v) is 15.0. The Balaban J connectivity index is 0.00000441. The molecule has 2 aliphatic rings. The number of hydrogen-bond donors (Lipinski definition) is 2. The molecule has 1 aliphatic heterocycles. The molecular formula is C28H36ClFN4O5S. The summed E-state index contributed by atoms with van der Waals surface area (Å²) in [5.74, 6) is -1.69. The molecule has 2 fully saturated rings. The molecule has 1 atom stereocenters. The van der Waals surface area contributed by atoms with Gasteiger partial charge in [0.15, 0.2) is 15.6 Å². The lowest BCUT2D eigenvalue weighted by Gasteiger charge is -2.39. The molecule has 12 heteroatoms. The largest absolute Gasteiger partial charge is 0.378 e. The Kier molecular flexibility index (Phi) is 9.84. The van der Waals surface area contributed by atoms with Crippen LogP contribution in [0.3, 0.4) is 0 Å². The van der Waals surface area contributed by atoms with Gasteiger partial charge in [-0.1, -0.05) is 19.3 Å². The molecule has 1 unspecified atom stereocenters. The van der Waals surface area contributed by atoms with Gasteiger partial charge in [0.05, 0.1) is 23.2 Å². The summed E-state index contributed by atoms with van der Waals surface area (Å²) in [6.45, 7) is 0.166. The smallest absolute Gasteiger partial charge is 0.252 e. The number of ketones is 1. The molecule has 218 valence electrons. The lowest BCUT2D eigenvalue weighted by Crippen LogP contribution is -2.63. The number of rotatable bonds is 7. The molecule has 2 aromatic carbocycles. The normalized spacial score (nSPS) is 18.9. The molecule has 9 nitrogen and oxygen atoms in total.